The number of piperidine rings is 2. The summed E-state index contributed by atoms with van der Waals surface area (Å²) >= 11 is 0. The molecule has 2 fully saturated rings. The van der Waals surface area contributed by atoms with Gasteiger partial charge in [-0.2, -0.15) is 0 Å². The Morgan fingerprint density at radius 1 is 1.11 bits per heavy atom. The lowest BCUT2D eigenvalue weighted by Gasteiger charge is -2.33. The molecule has 0 spiro atoms. The quantitative estimate of drug-likeness (QED) is 0.778. The van der Waals surface area contributed by atoms with Crippen molar-refractivity contribution >= 4 is 5.91 Å². The third-order valence-electron chi connectivity index (χ3n) is 4.65. The molecule has 19 heavy (non-hydrogen) atoms. The highest BCUT2D eigenvalue weighted by Crippen LogP contribution is 2.20. The van der Waals surface area contributed by atoms with Gasteiger partial charge in [-0.3, -0.25) is 4.79 Å². The molecule has 2 aliphatic rings. The summed E-state index contributed by atoms with van der Waals surface area (Å²) in [5.74, 6) is 1.01. The predicted octanol–water partition coefficient (Wildman–Crippen LogP) is 1.75. The van der Waals surface area contributed by atoms with Crippen molar-refractivity contribution in [2.24, 2.45) is 5.92 Å². The average molecular weight is 268 g/mol. The second-order valence-corrected chi connectivity index (χ2v) is 6.05. The summed E-state index contributed by atoms with van der Waals surface area (Å²) in [6.45, 7) is 6.54. The number of hydrogen-bond donors (Lipinski definition) is 0. The second-order valence-electron chi connectivity index (χ2n) is 6.05. The molecule has 0 atom stereocenters. The summed E-state index contributed by atoms with van der Waals surface area (Å²) in [4.78, 5) is 16.4. The van der Waals surface area contributed by atoms with Gasteiger partial charge in [0.05, 0.1) is 6.10 Å². The highest BCUT2D eigenvalue weighted by molar-refractivity contribution is 5.77. The summed E-state index contributed by atoms with van der Waals surface area (Å²) in [6, 6.07) is 0. The molecular weight excluding hydrogens is 240 g/mol. The monoisotopic (exact) mass is 268 g/mol. The molecule has 2 saturated heterocycles. The fourth-order valence-electron chi connectivity index (χ4n) is 3.02. The van der Waals surface area contributed by atoms with Crippen molar-refractivity contribution in [1.82, 2.24) is 9.80 Å². The zero-order valence-electron chi connectivity index (χ0n) is 12.4. The first kappa shape index (κ1) is 14.8. The van der Waals surface area contributed by atoms with E-state index in [2.05, 4.69) is 18.9 Å². The van der Waals surface area contributed by atoms with Gasteiger partial charge in [0.1, 0.15) is 6.61 Å². The summed E-state index contributed by atoms with van der Waals surface area (Å²) in [7, 11) is 2.14. The fourth-order valence-corrected chi connectivity index (χ4v) is 3.02. The van der Waals surface area contributed by atoms with Crippen LogP contribution in [0.3, 0.4) is 0 Å². The Bertz CT molecular complexity index is 280. The molecule has 0 aromatic rings. The van der Waals surface area contributed by atoms with Crippen LogP contribution in [-0.4, -0.2) is 61.6 Å². The third kappa shape index (κ3) is 4.46. The summed E-state index contributed by atoms with van der Waals surface area (Å²) in [5.41, 5.74) is 0. The van der Waals surface area contributed by atoms with Gasteiger partial charge < -0.3 is 14.5 Å². The number of carbonyl (C=O) groups is 1. The van der Waals surface area contributed by atoms with E-state index in [-0.39, 0.29) is 18.6 Å². The maximum Gasteiger partial charge on any atom is 0.248 e. The Balaban J connectivity index is 1.64. The molecule has 4 heteroatoms. The normalized spacial score (nSPS) is 23.8. The summed E-state index contributed by atoms with van der Waals surface area (Å²) in [6.07, 6.45) is 5.97. The predicted molar refractivity (Wildman–Crippen MR) is 76.1 cm³/mol. The molecule has 2 rings (SSSR count). The maximum atomic E-state index is 12.1. The van der Waals surface area contributed by atoms with Crippen LogP contribution in [0.4, 0.5) is 0 Å². The van der Waals surface area contributed by atoms with Crippen molar-refractivity contribution in [2.45, 2.75) is 45.1 Å². The number of amides is 1. The minimum absolute atomic E-state index is 0.188. The first-order valence-electron chi connectivity index (χ1n) is 7.77. The van der Waals surface area contributed by atoms with Crippen LogP contribution in [0.15, 0.2) is 0 Å². The first-order chi connectivity index (χ1) is 9.19. The van der Waals surface area contributed by atoms with Gasteiger partial charge in [-0.1, -0.05) is 13.3 Å². The van der Waals surface area contributed by atoms with Crippen molar-refractivity contribution in [3.63, 3.8) is 0 Å². The molecule has 0 N–H and O–H groups in total. The van der Waals surface area contributed by atoms with Gasteiger partial charge in [0.2, 0.25) is 5.91 Å². The van der Waals surface area contributed by atoms with Crippen LogP contribution in [0.25, 0.3) is 0 Å². The molecule has 110 valence electrons. The van der Waals surface area contributed by atoms with Crippen molar-refractivity contribution in [2.75, 3.05) is 39.8 Å². The van der Waals surface area contributed by atoms with Crippen LogP contribution in [-0.2, 0) is 9.53 Å². The molecule has 0 aliphatic carbocycles. The fraction of sp³-hybridized carbons (Fsp3) is 0.933. The lowest BCUT2D eigenvalue weighted by atomic mass is 9.94. The summed E-state index contributed by atoms with van der Waals surface area (Å²) in [5, 5.41) is 0. The molecule has 2 heterocycles. The van der Waals surface area contributed by atoms with Crippen molar-refractivity contribution in [1.29, 1.82) is 0 Å². The van der Waals surface area contributed by atoms with Crippen LogP contribution in [0.5, 0.6) is 0 Å². The van der Waals surface area contributed by atoms with Crippen LogP contribution >= 0.6 is 0 Å². The van der Waals surface area contributed by atoms with Crippen LogP contribution < -0.4 is 0 Å². The Morgan fingerprint density at radius 3 is 2.32 bits per heavy atom. The Morgan fingerprint density at radius 2 is 1.74 bits per heavy atom. The van der Waals surface area contributed by atoms with E-state index >= 15 is 0 Å². The maximum absolute atomic E-state index is 12.1. The number of likely N-dealkylation sites (tertiary alicyclic amines) is 2. The second kappa shape index (κ2) is 7.25. The van der Waals surface area contributed by atoms with Crippen molar-refractivity contribution in [3.8, 4) is 0 Å². The Hall–Kier alpha value is -0.610. The Labute approximate surface area is 117 Å². The van der Waals surface area contributed by atoms with E-state index < -0.39 is 0 Å². The lowest BCUT2D eigenvalue weighted by molar-refractivity contribution is -0.140. The molecule has 0 aromatic carbocycles. The largest absolute Gasteiger partial charge is 0.368 e. The number of carbonyl (C=O) groups excluding carboxylic acids is 1. The highest BCUT2D eigenvalue weighted by Gasteiger charge is 2.23. The van der Waals surface area contributed by atoms with Gasteiger partial charge in [-0.25, -0.2) is 0 Å². The molecule has 1 amide bonds. The van der Waals surface area contributed by atoms with Gasteiger partial charge in [0, 0.05) is 26.2 Å². The average Bonchev–Trinajstić information content (AvgIpc) is 2.46. The first-order valence-corrected chi connectivity index (χ1v) is 7.77. The Kier molecular flexibility index (Phi) is 5.64. The zero-order chi connectivity index (χ0) is 13.7. The minimum Gasteiger partial charge on any atom is -0.368 e. The minimum atomic E-state index is 0.188. The molecule has 0 saturated carbocycles. The van der Waals surface area contributed by atoms with Gasteiger partial charge >= 0.3 is 0 Å². The molecule has 0 radical (unpaired) electrons. The van der Waals surface area contributed by atoms with E-state index in [0.29, 0.717) is 0 Å². The molecule has 0 bridgehead atoms. The number of ether oxygens (including phenoxy) is 1. The number of rotatable bonds is 4. The number of hydrogen-bond acceptors (Lipinski definition) is 3. The molecular formula is C15H28N2O2. The van der Waals surface area contributed by atoms with Gasteiger partial charge in [-0.05, 0) is 38.6 Å². The van der Waals surface area contributed by atoms with Gasteiger partial charge in [0.15, 0.2) is 0 Å². The van der Waals surface area contributed by atoms with Gasteiger partial charge in [0.25, 0.3) is 0 Å². The van der Waals surface area contributed by atoms with Crippen LogP contribution in [0.2, 0.25) is 0 Å². The van der Waals surface area contributed by atoms with Crippen LogP contribution in [0.1, 0.15) is 39.0 Å². The van der Waals surface area contributed by atoms with Crippen molar-refractivity contribution < 1.29 is 9.53 Å². The summed E-state index contributed by atoms with van der Waals surface area (Å²) < 4.78 is 5.78. The van der Waals surface area contributed by atoms with E-state index in [1.807, 2.05) is 4.90 Å². The molecule has 2 aliphatic heterocycles. The van der Waals surface area contributed by atoms with E-state index in [4.69, 9.17) is 4.74 Å². The SMILES string of the molecule is CCC1CCN(C(=O)COC2CCN(C)CC2)CC1. The molecule has 4 nitrogen and oxygen atoms in total. The lowest BCUT2D eigenvalue weighted by Crippen LogP contribution is -2.42. The molecule has 0 aromatic heterocycles. The van der Waals surface area contributed by atoms with Crippen molar-refractivity contribution in [3.05, 3.63) is 0 Å². The highest BCUT2D eigenvalue weighted by atomic mass is 16.5. The van der Waals surface area contributed by atoms with Gasteiger partial charge in [-0.15, -0.1) is 0 Å². The van der Waals surface area contributed by atoms with E-state index in [9.17, 15) is 4.79 Å². The zero-order valence-corrected chi connectivity index (χ0v) is 12.4. The van der Waals surface area contributed by atoms with Crippen LogP contribution in [0, 0.1) is 5.92 Å². The number of nitrogens with zero attached hydrogens (tertiary/aromatic N) is 2. The topological polar surface area (TPSA) is 32.8 Å². The van der Waals surface area contributed by atoms with E-state index in [0.717, 1.165) is 57.8 Å². The van der Waals surface area contributed by atoms with E-state index in [1.165, 1.54) is 6.42 Å². The molecule has 0 unspecified atom stereocenters. The van der Waals surface area contributed by atoms with E-state index in [1.54, 1.807) is 0 Å². The smallest absolute Gasteiger partial charge is 0.248 e. The third-order valence-corrected chi connectivity index (χ3v) is 4.65. The standard InChI is InChI=1S/C15H28N2O2/c1-3-13-4-10-17(11-5-13)15(18)12-19-14-6-8-16(2)9-7-14/h13-14H,3-12H2,1-2H3.